The fourth-order valence-electron chi connectivity index (χ4n) is 0.397. The highest BCUT2D eigenvalue weighted by molar-refractivity contribution is 8.93. The second-order valence-corrected chi connectivity index (χ2v) is 6.05. The van der Waals surface area contributed by atoms with Crippen LogP contribution in [0.1, 0.15) is 13.8 Å². The monoisotopic (exact) mass is 201 g/mol. The van der Waals surface area contributed by atoms with Gasteiger partial charge in [0.05, 0.1) is 13.2 Å². The van der Waals surface area contributed by atoms with E-state index in [4.69, 9.17) is 9.05 Å². The lowest BCUT2D eigenvalue weighted by molar-refractivity contribution is 0.237. The van der Waals surface area contributed by atoms with E-state index in [0.717, 1.165) is 0 Å². The molecule has 0 saturated heterocycles. The summed E-state index contributed by atoms with van der Waals surface area (Å²) in [6.45, 7) is 1.25. The van der Waals surface area contributed by atoms with E-state index < -0.39 is 6.80 Å². The molecule has 6 heteroatoms. The predicted octanol–water partition coefficient (Wildman–Crippen LogP) is 3.01. The molecule has 0 unspecified atom stereocenters. The summed E-state index contributed by atoms with van der Waals surface area (Å²) in [6.07, 6.45) is 0. The highest BCUT2D eigenvalue weighted by atomic mass is 33.3. The SMILES string of the molecule is CCOP(=O)(OCC)S[S]. The average molecular weight is 201 g/mol. The highest BCUT2D eigenvalue weighted by Gasteiger charge is 2.22. The molecule has 0 fully saturated rings. The average Bonchev–Trinajstić information content (AvgIpc) is 1.89. The molecule has 0 aromatic rings. The van der Waals surface area contributed by atoms with Crippen molar-refractivity contribution in [2.75, 3.05) is 13.2 Å². The Labute approximate surface area is 70.0 Å². The van der Waals surface area contributed by atoms with Crippen LogP contribution >= 0.6 is 28.9 Å². The number of hydrogen-bond donors (Lipinski definition) is 0. The molecule has 3 nitrogen and oxygen atoms in total. The minimum Gasteiger partial charge on any atom is -0.300 e. The molecule has 0 saturated carbocycles. The zero-order chi connectivity index (χ0) is 8.04. The van der Waals surface area contributed by atoms with Crippen LogP contribution in [0.3, 0.4) is 0 Å². The first kappa shape index (κ1) is 10.8. The van der Waals surface area contributed by atoms with E-state index in [9.17, 15) is 4.57 Å². The van der Waals surface area contributed by atoms with E-state index in [0.29, 0.717) is 23.6 Å². The standard InChI is InChI=1S/C4H10O3PS2/c1-3-6-8(5,10-9)7-4-2/h3-4H2,1-2H3. The van der Waals surface area contributed by atoms with Gasteiger partial charge >= 0.3 is 6.80 Å². The number of hydrogen-bond acceptors (Lipinski definition) is 4. The molecule has 0 amide bonds. The Morgan fingerprint density at radius 3 is 2.00 bits per heavy atom. The van der Waals surface area contributed by atoms with Crippen LogP contribution in [0.5, 0.6) is 0 Å². The first-order valence-electron chi connectivity index (χ1n) is 2.89. The molecule has 0 aliphatic heterocycles. The third-order valence-corrected chi connectivity index (χ3v) is 4.82. The molecule has 0 bridgehead atoms. The van der Waals surface area contributed by atoms with Gasteiger partial charge in [-0.3, -0.25) is 0 Å². The molecule has 0 spiro atoms. The molecule has 0 aromatic heterocycles. The van der Waals surface area contributed by atoms with Gasteiger partial charge in [0.2, 0.25) is 0 Å². The Hall–Kier alpha value is 0.850. The van der Waals surface area contributed by atoms with Crippen LogP contribution in [-0.2, 0) is 13.6 Å². The van der Waals surface area contributed by atoms with Gasteiger partial charge in [-0.25, -0.2) is 4.57 Å². The van der Waals surface area contributed by atoms with Gasteiger partial charge in [0.25, 0.3) is 0 Å². The Balaban J connectivity index is 3.83. The van der Waals surface area contributed by atoms with Gasteiger partial charge in [-0.1, -0.05) is 0 Å². The van der Waals surface area contributed by atoms with E-state index in [1.165, 1.54) is 0 Å². The maximum atomic E-state index is 11.2. The van der Waals surface area contributed by atoms with Crippen LogP contribution in [0, 0.1) is 0 Å². The third-order valence-electron chi connectivity index (χ3n) is 0.666. The lowest BCUT2D eigenvalue weighted by atomic mass is 10.9. The normalized spacial score (nSPS) is 11.9. The van der Waals surface area contributed by atoms with Crippen molar-refractivity contribution in [2.24, 2.45) is 0 Å². The maximum Gasteiger partial charge on any atom is 0.400 e. The zero-order valence-corrected chi connectivity index (χ0v) is 8.43. The first-order chi connectivity index (χ1) is 4.68. The molecule has 1 radical (unpaired) electrons. The summed E-state index contributed by atoms with van der Waals surface area (Å²) >= 11 is 4.52. The van der Waals surface area contributed by atoms with E-state index in [-0.39, 0.29) is 0 Å². The summed E-state index contributed by atoms with van der Waals surface area (Å²) in [5.74, 6) is 0. The molecule has 0 heterocycles. The minimum absolute atomic E-state index is 0.362. The zero-order valence-electron chi connectivity index (χ0n) is 5.90. The summed E-state index contributed by atoms with van der Waals surface area (Å²) < 4.78 is 20.8. The largest absolute Gasteiger partial charge is 0.400 e. The molecule has 0 rings (SSSR count). The van der Waals surface area contributed by atoms with Crippen molar-refractivity contribution in [3.63, 3.8) is 0 Å². The summed E-state index contributed by atoms with van der Waals surface area (Å²) in [4.78, 5) is 0. The molecule has 0 atom stereocenters. The van der Waals surface area contributed by atoms with Crippen LogP contribution in [-0.4, -0.2) is 13.2 Å². The topological polar surface area (TPSA) is 35.5 Å². The lowest BCUT2D eigenvalue weighted by Gasteiger charge is -2.11. The molecule has 0 N–H and O–H groups in total. The summed E-state index contributed by atoms with van der Waals surface area (Å²) in [5, 5.41) is 0. The first-order valence-corrected chi connectivity index (χ1v) is 6.78. The lowest BCUT2D eigenvalue weighted by Crippen LogP contribution is -1.89. The quantitative estimate of drug-likeness (QED) is 0.506. The second kappa shape index (κ2) is 5.49. The van der Waals surface area contributed by atoms with Gasteiger partial charge < -0.3 is 9.05 Å². The van der Waals surface area contributed by atoms with Crippen LogP contribution in [0.15, 0.2) is 0 Å². The van der Waals surface area contributed by atoms with Crippen LogP contribution in [0.25, 0.3) is 0 Å². The van der Waals surface area contributed by atoms with Crippen molar-refractivity contribution in [1.29, 1.82) is 0 Å². The van der Waals surface area contributed by atoms with E-state index in [1.54, 1.807) is 13.8 Å². The van der Waals surface area contributed by atoms with E-state index in [1.807, 2.05) is 0 Å². The van der Waals surface area contributed by atoms with Gasteiger partial charge in [-0.2, -0.15) is 0 Å². The van der Waals surface area contributed by atoms with Crippen molar-refractivity contribution in [2.45, 2.75) is 13.8 Å². The van der Waals surface area contributed by atoms with Crippen molar-refractivity contribution in [3.05, 3.63) is 0 Å². The predicted molar refractivity (Wildman–Crippen MR) is 46.0 cm³/mol. The summed E-state index contributed by atoms with van der Waals surface area (Å²) in [5.41, 5.74) is 0. The molecule has 0 aliphatic carbocycles. The highest BCUT2D eigenvalue weighted by Crippen LogP contribution is 2.62. The van der Waals surface area contributed by atoms with Gasteiger partial charge in [-0.15, -0.1) is 0 Å². The maximum absolute atomic E-state index is 11.2. The minimum atomic E-state index is -2.97. The Bertz CT molecular complexity index is 120. The molecule has 10 heavy (non-hydrogen) atoms. The van der Waals surface area contributed by atoms with Crippen molar-refractivity contribution >= 4 is 28.9 Å². The van der Waals surface area contributed by atoms with Crippen LogP contribution in [0.2, 0.25) is 0 Å². The van der Waals surface area contributed by atoms with Gasteiger partial charge in [0, 0.05) is 10.4 Å². The molecular weight excluding hydrogens is 191 g/mol. The van der Waals surface area contributed by atoms with Crippen LogP contribution < -0.4 is 0 Å². The van der Waals surface area contributed by atoms with Gasteiger partial charge in [0.1, 0.15) is 0 Å². The summed E-state index contributed by atoms with van der Waals surface area (Å²) in [6, 6.07) is 0. The van der Waals surface area contributed by atoms with E-state index >= 15 is 0 Å². The molecule has 61 valence electrons. The smallest absolute Gasteiger partial charge is 0.300 e. The molecule has 0 aliphatic rings. The third kappa shape index (κ3) is 3.88. The van der Waals surface area contributed by atoms with Gasteiger partial charge in [0.15, 0.2) is 0 Å². The second-order valence-electron chi connectivity index (χ2n) is 1.36. The fourth-order valence-corrected chi connectivity index (χ4v) is 2.85. The van der Waals surface area contributed by atoms with Crippen molar-refractivity contribution < 1.29 is 13.6 Å². The summed E-state index contributed by atoms with van der Waals surface area (Å²) in [7, 11) is 0.716. The van der Waals surface area contributed by atoms with E-state index in [2.05, 4.69) is 11.7 Å². The van der Waals surface area contributed by atoms with Crippen LogP contribution in [0.4, 0.5) is 0 Å². The molecular formula is C4H10O3PS2. The number of rotatable bonds is 5. The Kier molecular flexibility index (Phi) is 5.96. The van der Waals surface area contributed by atoms with Gasteiger partial charge in [-0.05, 0) is 25.5 Å². The Morgan fingerprint density at radius 2 is 1.80 bits per heavy atom. The van der Waals surface area contributed by atoms with Crippen molar-refractivity contribution in [1.82, 2.24) is 0 Å². The fraction of sp³-hybridized carbons (Fsp3) is 1.00. The Morgan fingerprint density at radius 1 is 1.40 bits per heavy atom. The van der Waals surface area contributed by atoms with Crippen molar-refractivity contribution in [3.8, 4) is 0 Å². The molecule has 0 aromatic carbocycles.